The van der Waals surface area contributed by atoms with Gasteiger partial charge in [-0.15, -0.1) is 6.58 Å². The fraction of sp³-hybridized carbons (Fsp3) is 0.231. The largest absolute Gasteiger partial charge is 0.489 e. The molecule has 1 rings (SSSR count). The van der Waals surface area contributed by atoms with Crippen molar-refractivity contribution in [2.24, 2.45) is 5.92 Å². The molecule has 1 aromatic rings. The molecule has 4 heteroatoms. The predicted molar refractivity (Wildman–Crippen MR) is 64.8 cm³/mol. The molecule has 1 atom stereocenters. The molecule has 0 spiro atoms. The molecule has 0 bridgehead atoms. The van der Waals surface area contributed by atoms with Crippen molar-refractivity contribution in [1.29, 1.82) is 0 Å². The van der Waals surface area contributed by atoms with E-state index in [-0.39, 0.29) is 24.0 Å². The highest BCUT2D eigenvalue weighted by Gasteiger charge is 2.11. The lowest BCUT2D eigenvalue weighted by Crippen LogP contribution is -2.11. The summed E-state index contributed by atoms with van der Waals surface area (Å²) >= 11 is 0. The summed E-state index contributed by atoms with van der Waals surface area (Å²) in [4.78, 5) is 0. The van der Waals surface area contributed by atoms with E-state index in [2.05, 4.69) is 13.2 Å². The Hall–Kier alpha value is -1.84. The zero-order chi connectivity index (χ0) is 13.0. The van der Waals surface area contributed by atoms with E-state index in [9.17, 15) is 8.78 Å². The van der Waals surface area contributed by atoms with E-state index in [1.165, 1.54) is 0 Å². The molecule has 0 fully saturated rings. The minimum atomic E-state index is -0.702. The van der Waals surface area contributed by atoms with Crippen LogP contribution in [0, 0.1) is 17.6 Å². The van der Waals surface area contributed by atoms with Crippen LogP contribution in [0.3, 0.4) is 0 Å². The number of rotatable bonds is 5. The van der Waals surface area contributed by atoms with Gasteiger partial charge in [-0.25, -0.2) is 8.78 Å². The second kappa shape index (κ2) is 5.48. The number of ether oxygens (including phenoxy) is 1. The molecule has 1 aromatic carbocycles. The van der Waals surface area contributed by atoms with Crippen molar-refractivity contribution < 1.29 is 13.5 Å². The zero-order valence-electron chi connectivity index (χ0n) is 9.67. The summed E-state index contributed by atoms with van der Waals surface area (Å²) in [5, 5.41) is 0. The summed E-state index contributed by atoms with van der Waals surface area (Å²) in [6, 6.07) is 1.83. The summed E-state index contributed by atoms with van der Waals surface area (Å²) in [5.41, 5.74) is 5.82. The van der Waals surface area contributed by atoms with Gasteiger partial charge in [0.15, 0.2) is 11.6 Å². The number of benzene rings is 1. The van der Waals surface area contributed by atoms with Crippen LogP contribution in [0.1, 0.15) is 6.92 Å². The highest BCUT2D eigenvalue weighted by molar-refractivity contribution is 5.44. The highest BCUT2D eigenvalue weighted by Crippen LogP contribution is 2.24. The summed E-state index contributed by atoms with van der Waals surface area (Å²) in [6.07, 6.45) is 1.65. The lowest BCUT2D eigenvalue weighted by atomic mass is 10.0. The minimum absolute atomic E-state index is 0.102. The normalized spacial score (nSPS) is 11.9. The highest BCUT2D eigenvalue weighted by atomic mass is 19.1. The fourth-order valence-corrected chi connectivity index (χ4v) is 1.25. The molecule has 0 saturated carbocycles. The Morgan fingerprint density at radius 1 is 1.47 bits per heavy atom. The molecule has 2 nitrogen and oxygen atoms in total. The second-order valence-electron chi connectivity index (χ2n) is 3.80. The minimum Gasteiger partial charge on any atom is -0.489 e. The van der Waals surface area contributed by atoms with Crippen LogP contribution in [0.25, 0.3) is 0 Å². The van der Waals surface area contributed by atoms with Gasteiger partial charge in [0.25, 0.3) is 0 Å². The van der Waals surface area contributed by atoms with Gasteiger partial charge in [0.05, 0.1) is 12.3 Å². The lowest BCUT2D eigenvalue weighted by molar-refractivity contribution is 0.277. The molecule has 0 radical (unpaired) electrons. The number of anilines is 1. The summed E-state index contributed by atoms with van der Waals surface area (Å²) in [7, 11) is 0. The van der Waals surface area contributed by atoms with Crippen LogP contribution >= 0.6 is 0 Å². The van der Waals surface area contributed by atoms with Crippen molar-refractivity contribution in [3.05, 3.63) is 48.6 Å². The molecular weight excluding hydrogens is 224 g/mol. The third-order valence-corrected chi connectivity index (χ3v) is 2.39. The third kappa shape index (κ3) is 3.31. The summed E-state index contributed by atoms with van der Waals surface area (Å²) < 4.78 is 31.7. The van der Waals surface area contributed by atoms with Gasteiger partial charge >= 0.3 is 0 Å². The number of hydrogen-bond donors (Lipinski definition) is 1. The SMILES string of the molecule is C=CC(COc1cc(F)c(N)cc1F)C(=C)C. The predicted octanol–water partition coefficient (Wildman–Crippen LogP) is 3.30. The Kier molecular flexibility index (Phi) is 4.26. The van der Waals surface area contributed by atoms with E-state index in [0.717, 1.165) is 17.7 Å². The van der Waals surface area contributed by atoms with Crippen LogP contribution in [0.5, 0.6) is 5.75 Å². The fourth-order valence-electron chi connectivity index (χ4n) is 1.25. The Balaban J connectivity index is 2.79. The maximum absolute atomic E-state index is 13.4. The first-order valence-electron chi connectivity index (χ1n) is 5.11. The van der Waals surface area contributed by atoms with E-state index < -0.39 is 11.6 Å². The average Bonchev–Trinajstić information content (AvgIpc) is 2.25. The van der Waals surface area contributed by atoms with Gasteiger partial charge in [-0.3, -0.25) is 0 Å². The van der Waals surface area contributed by atoms with Crippen molar-refractivity contribution in [3.63, 3.8) is 0 Å². The van der Waals surface area contributed by atoms with Gasteiger partial charge in [0, 0.05) is 18.1 Å². The number of nitrogens with two attached hydrogens (primary N) is 1. The summed E-state index contributed by atoms with van der Waals surface area (Å²) in [6.45, 7) is 9.35. The Labute approximate surface area is 99.4 Å². The molecule has 17 heavy (non-hydrogen) atoms. The van der Waals surface area contributed by atoms with Crippen LogP contribution < -0.4 is 10.5 Å². The smallest absolute Gasteiger partial charge is 0.167 e. The van der Waals surface area contributed by atoms with Gasteiger partial charge in [-0.1, -0.05) is 18.2 Å². The molecular formula is C13H15F2NO. The maximum atomic E-state index is 13.4. The molecule has 0 amide bonds. The molecule has 0 aliphatic rings. The number of hydrogen-bond acceptors (Lipinski definition) is 2. The monoisotopic (exact) mass is 239 g/mol. The molecule has 0 aliphatic carbocycles. The van der Waals surface area contributed by atoms with E-state index in [1.54, 1.807) is 6.08 Å². The zero-order valence-corrected chi connectivity index (χ0v) is 9.67. The van der Waals surface area contributed by atoms with Crippen LogP contribution in [0.4, 0.5) is 14.5 Å². The first-order chi connectivity index (χ1) is 7.95. The Morgan fingerprint density at radius 2 is 2.12 bits per heavy atom. The summed E-state index contributed by atoms with van der Waals surface area (Å²) in [5.74, 6) is -1.65. The standard InChI is InChI=1S/C13H15F2NO/c1-4-9(8(2)3)7-17-13-6-10(14)12(16)5-11(13)15/h4-6,9H,1-2,7,16H2,3H3. The third-order valence-electron chi connectivity index (χ3n) is 2.39. The quantitative estimate of drug-likeness (QED) is 0.632. The molecule has 1 unspecified atom stereocenters. The molecule has 2 N–H and O–H groups in total. The van der Waals surface area contributed by atoms with E-state index in [1.807, 2.05) is 6.92 Å². The molecule has 0 aliphatic heterocycles. The van der Waals surface area contributed by atoms with Crippen LogP contribution in [-0.4, -0.2) is 6.61 Å². The van der Waals surface area contributed by atoms with Gasteiger partial charge < -0.3 is 10.5 Å². The van der Waals surface area contributed by atoms with Gasteiger partial charge in [0.2, 0.25) is 0 Å². The van der Waals surface area contributed by atoms with E-state index in [0.29, 0.717) is 0 Å². The van der Waals surface area contributed by atoms with Gasteiger partial charge in [-0.05, 0) is 6.92 Å². The van der Waals surface area contributed by atoms with Crippen LogP contribution in [-0.2, 0) is 0 Å². The first kappa shape index (κ1) is 13.2. The topological polar surface area (TPSA) is 35.2 Å². The molecule has 92 valence electrons. The van der Waals surface area contributed by atoms with Gasteiger partial charge in [0.1, 0.15) is 5.82 Å². The van der Waals surface area contributed by atoms with Crippen molar-refractivity contribution >= 4 is 5.69 Å². The molecule has 0 saturated heterocycles. The van der Waals surface area contributed by atoms with E-state index >= 15 is 0 Å². The van der Waals surface area contributed by atoms with Crippen molar-refractivity contribution in [1.82, 2.24) is 0 Å². The second-order valence-corrected chi connectivity index (χ2v) is 3.80. The van der Waals surface area contributed by atoms with Crippen molar-refractivity contribution in [2.45, 2.75) is 6.92 Å². The molecule has 0 heterocycles. The van der Waals surface area contributed by atoms with E-state index in [4.69, 9.17) is 10.5 Å². The average molecular weight is 239 g/mol. The first-order valence-corrected chi connectivity index (χ1v) is 5.11. The van der Waals surface area contributed by atoms with Gasteiger partial charge in [-0.2, -0.15) is 0 Å². The lowest BCUT2D eigenvalue weighted by Gasteiger charge is -2.14. The van der Waals surface area contributed by atoms with Crippen LogP contribution in [0.15, 0.2) is 36.9 Å². The molecule has 0 aromatic heterocycles. The van der Waals surface area contributed by atoms with Crippen LogP contribution in [0.2, 0.25) is 0 Å². The van der Waals surface area contributed by atoms with Crippen molar-refractivity contribution in [2.75, 3.05) is 12.3 Å². The Bertz CT molecular complexity index is 443. The van der Waals surface area contributed by atoms with Crippen molar-refractivity contribution in [3.8, 4) is 5.75 Å². The maximum Gasteiger partial charge on any atom is 0.167 e. The number of halogens is 2. The number of nitrogen functional groups attached to an aromatic ring is 1. The Morgan fingerprint density at radius 3 is 2.65 bits per heavy atom.